The third-order valence-corrected chi connectivity index (χ3v) is 4.14. The van der Waals surface area contributed by atoms with Crippen LogP contribution in [0.1, 0.15) is 30.0 Å². The topological polar surface area (TPSA) is 41.0 Å². The zero-order chi connectivity index (χ0) is 14.5. The third-order valence-electron chi connectivity index (χ3n) is 4.14. The monoisotopic (exact) mass is 282 g/mol. The van der Waals surface area contributed by atoms with Crippen LogP contribution in [0, 0.1) is 0 Å². The minimum atomic E-state index is 0.619. The maximum atomic E-state index is 4.64. The van der Waals surface area contributed by atoms with Gasteiger partial charge in [0.25, 0.3) is 0 Å². The van der Waals surface area contributed by atoms with E-state index in [4.69, 9.17) is 0 Å². The summed E-state index contributed by atoms with van der Waals surface area (Å²) in [5, 5.41) is 3.39. The van der Waals surface area contributed by atoms with Gasteiger partial charge in [-0.3, -0.25) is 9.97 Å². The summed E-state index contributed by atoms with van der Waals surface area (Å²) >= 11 is 0. The van der Waals surface area contributed by atoms with Crippen molar-refractivity contribution in [1.82, 2.24) is 14.9 Å². The third kappa shape index (κ3) is 3.79. The number of likely N-dealkylation sites (tertiary alicyclic amines) is 1. The van der Waals surface area contributed by atoms with Crippen LogP contribution in [0.4, 0.5) is 5.69 Å². The van der Waals surface area contributed by atoms with Crippen LogP contribution in [0.2, 0.25) is 0 Å². The number of nitrogens with zero attached hydrogens (tertiary/aromatic N) is 3. The van der Waals surface area contributed by atoms with E-state index >= 15 is 0 Å². The first-order valence-electron chi connectivity index (χ1n) is 7.58. The molecule has 0 amide bonds. The Kier molecular flexibility index (Phi) is 4.46. The molecule has 1 aliphatic heterocycles. The molecule has 0 atom stereocenters. The first-order valence-corrected chi connectivity index (χ1v) is 7.58. The molecule has 4 heteroatoms. The summed E-state index contributed by atoms with van der Waals surface area (Å²) in [6, 6.07) is 8.33. The predicted molar refractivity (Wildman–Crippen MR) is 85.3 cm³/mol. The number of pyridine rings is 2. The zero-order valence-electron chi connectivity index (χ0n) is 12.5. The normalized spacial score (nSPS) is 16.8. The van der Waals surface area contributed by atoms with Crippen molar-refractivity contribution in [2.24, 2.45) is 0 Å². The first kappa shape index (κ1) is 14.0. The molecule has 21 heavy (non-hydrogen) atoms. The van der Waals surface area contributed by atoms with E-state index in [1.807, 2.05) is 18.5 Å². The van der Waals surface area contributed by atoms with E-state index in [1.54, 1.807) is 6.20 Å². The van der Waals surface area contributed by atoms with Gasteiger partial charge in [0.15, 0.2) is 0 Å². The Morgan fingerprint density at radius 1 is 1.19 bits per heavy atom. The number of piperidine rings is 1. The molecule has 0 spiro atoms. The number of hydrogen-bond donors (Lipinski definition) is 1. The summed E-state index contributed by atoms with van der Waals surface area (Å²) in [5.41, 5.74) is 3.47. The first-order chi connectivity index (χ1) is 10.3. The molecule has 0 radical (unpaired) electrons. The molecule has 3 heterocycles. The van der Waals surface area contributed by atoms with Crippen LogP contribution in [-0.4, -0.2) is 35.0 Å². The largest absolute Gasteiger partial charge is 0.380 e. The van der Waals surface area contributed by atoms with E-state index in [0.29, 0.717) is 5.92 Å². The SMILES string of the molecule is CN1CCC(c2ccc(NCc3cccnc3)cn2)CC1. The lowest BCUT2D eigenvalue weighted by atomic mass is 9.93. The van der Waals surface area contributed by atoms with Crippen molar-refractivity contribution >= 4 is 5.69 Å². The van der Waals surface area contributed by atoms with Crippen molar-refractivity contribution in [3.05, 3.63) is 54.1 Å². The van der Waals surface area contributed by atoms with Crippen LogP contribution >= 0.6 is 0 Å². The summed E-state index contributed by atoms with van der Waals surface area (Å²) < 4.78 is 0. The van der Waals surface area contributed by atoms with Crippen LogP contribution in [0.5, 0.6) is 0 Å². The van der Waals surface area contributed by atoms with Gasteiger partial charge in [0, 0.05) is 30.6 Å². The average molecular weight is 282 g/mol. The van der Waals surface area contributed by atoms with E-state index in [2.05, 4.69) is 45.4 Å². The Hall–Kier alpha value is -1.94. The van der Waals surface area contributed by atoms with E-state index < -0.39 is 0 Å². The van der Waals surface area contributed by atoms with Gasteiger partial charge in [0.05, 0.1) is 11.9 Å². The molecule has 110 valence electrons. The highest BCUT2D eigenvalue weighted by Crippen LogP contribution is 2.26. The molecule has 0 aliphatic carbocycles. The molecule has 1 saturated heterocycles. The standard InChI is InChI=1S/C17H22N4/c1-21-9-6-15(7-10-21)17-5-4-16(13-20-17)19-12-14-3-2-8-18-11-14/h2-5,8,11,13,15,19H,6-7,9-10,12H2,1H3. The molecule has 3 rings (SSSR count). The van der Waals surface area contributed by atoms with Gasteiger partial charge >= 0.3 is 0 Å². The minimum absolute atomic E-state index is 0.619. The molecule has 0 bridgehead atoms. The van der Waals surface area contributed by atoms with Gasteiger partial charge in [-0.25, -0.2) is 0 Å². The molecule has 1 N–H and O–H groups in total. The fourth-order valence-electron chi connectivity index (χ4n) is 2.76. The van der Waals surface area contributed by atoms with Crippen molar-refractivity contribution in [2.75, 3.05) is 25.5 Å². The van der Waals surface area contributed by atoms with Gasteiger partial charge in [-0.05, 0) is 56.7 Å². The Labute approximate surface area is 126 Å². The summed E-state index contributed by atoms with van der Waals surface area (Å²) in [6.07, 6.45) is 8.05. The Morgan fingerprint density at radius 3 is 2.71 bits per heavy atom. The van der Waals surface area contributed by atoms with Crippen LogP contribution in [0.25, 0.3) is 0 Å². The Bertz CT molecular complexity index is 545. The van der Waals surface area contributed by atoms with Gasteiger partial charge in [0.2, 0.25) is 0 Å². The summed E-state index contributed by atoms with van der Waals surface area (Å²) in [5.74, 6) is 0.619. The molecular weight excluding hydrogens is 260 g/mol. The second-order valence-electron chi connectivity index (χ2n) is 5.76. The van der Waals surface area contributed by atoms with E-state index in [0.717, 1.165) is 12.2 Å². The maximum absolute atomic E-state index is 4.64. The van der Waals surface area contributed by atoms with Crippen LogP contribution in [-0.2, 0) is 6.54 Å². The highest BCUT2D eigenvalue weighted by atomic mass is 15.1. The van der Waals surface area contributed by atoms with Crippen molar-refractivity contribution in [2.45, 2.75) is 25.3 Å². The quantitative estimate of drug-likeness (QED) is 0.936. The number of nitrogens with one attached hydrogen (secondary N) is 1. The van der Waals surface area contributed by atoms with E-state index in [1.165, 1.54) is 37.2 Å². The van der Waals surface area contributed by atoms with Crippen LogP contribution in [0.3, 0.4) is 0 Å². The molecular formula is C17H22N4. The molecule has 0 unspecified atom stereocenters. The van der Waals surface area contributed by atoms with Gasteiger partial charge in [-0.15, -0.1) is 0 Å². The van der Waals surface area contributed by atoms with Crippen LogP contribution in [0.15, 0.2) is 42.9 Å². The number of rotatable bonds is 4. The van der Waals surface area contributed by atoms with Crippen molar-refractivity contribution in [1.29, 1.82) is 0 Å². The van der Waals surface area contributed by atoms with Crippen molar-refractivity contribution in [3.63, 3.8) is 0 Å². The van der Waals surface area contributed by atoms with Gasteiger partial charge in [-0.1, -0.05) is 6.07 Å². The molecule has 2 aromatic heterocycles. The summed E-state index contributed by atoms with van der Waals surface area (Å²) in [7, 11) is 2.19. The van der Waals surface area contributed by atoms with Gasteiger partial charge in [-0.2, -0.15) is 0 Å². The fraction of sp³-hybridized carbons (Fsp3) is 0.412. The lowest BCUT2D eigenvalue weighted by Crippen LogP contribution is -2.29. The molecule has 0 aromatic carbocycles. The lowest BCUT2D eigenvalue weighted by Gasteiger charge is -2.28. The molecule has 1 fully saturated rings. The zero-order valence-corrected chi connectivity index (χ0v) is 12.5. The predicted octanol–water partition coefficient (Wildman–Crippen LogP) is 2.90. The van der Waals surface area contributed by atoms with Crippen molar-refractivity contribution in [3.8, 4) is 0 Å². The Morgan fingerprint density at radius 2 is 2.05 bits per heavy atom. The van der Waals surface area contributed by atoms with E-state index in [-0.39, 0.29) is 0 Å². The molecule has 0 saturated carbocycles. The van der Waals surface area contributed by atoms with Crippen LogP contribution < -0.4 is 5.32 Å². The minimum Gasteiger partial charge on any atom is -0.380 e. The Balaban J connectivity index is 1.57. The molecule has 4 nitrogen and oxygen atoms in total. The number of aromatic nitrogens is 2. The van der Waals surface area contributed by atoms with Crippen molar-refractivity contribution < 1.29 is 0 Å². The number of hydrogen-bond acceptors (Lipinski definition) is 4. The second kappa shape index (κ2) is 6.68. The second-order valence-corrected chi connectivity index (χ2v) is 5.76. The molecule has 2 aromatic rings. The highest BCUT2D eigenvalue weighted by Gasteiger charge is 2.19. The highest BCUT2D eigenvalue weighted by molar-refractivity contribution is 5.42. The smallest absolute Gasteiger partial charge is 0.0529 e. The summed E-state index contributed by atoms with van der Waals surface area (Å²) in [6.45, 7) is 3.13. The molecule has 1 aliphatic rings. The van der Waals surface area contributed by atoms with Gasteiger partial charge in [0.1, 0.15) is 0 Å². The van der Waals surface area contributed by atoms with E-state index in [9.17, 15) is 0 Å². The number of anilines is 1. The summed E-state index contributed by atoms with van der Waals surface area (Å²) in [4.78, 5) is 11.2. The lowest BCUT2D eigenvalue weighted by molar-refractivity contribution is 0.253. The van der Waals surface area contributed by atoms with Gasteiger partial charge < -0.3 is 10.2 Å². The maximum Gasteiger partial charge on any atom is 0.0529 e. The fourth-order valence-corrected chi connectivity index (χ4v) is 2.76. The average Bonchev–Trinajstić information content (AvgIpc) is 2.55.